The second-order valence-electron chi connectivity index (χ2n) is 4.28. The van der Waals surface area contributed by atoms with Gasteiger partial charge in [-0.05, 0) is 36.4 Å². The zero-order chi connectivity index (χ0) is 15.2. The fourth-order valence-corrected chi connectivity index (χ4v) is 1.84. The first-order valence-electron chi connectivity index (χ1n) is 6.41. The monoisotopic (exact) mass is 287 g/mol. The first-order valence-corrected chi connectivity index (χ1v) is 6.41. The Morgan fingerprint density at radius 1 is 0.905 bits per heavy atom. The Labute approximate surface area is 123 Å². The van der Waals surface area contributed by atoms with E-state index in [-0.39, 0.29) is 0 Å². The Hall–Kier alpha value is -2.69. The molecule has 0 aliphatic heterocycles. The average Bonchev–Trinajstić information content (AvgIpc) is 2.52. The molecule has 0 unspecified atom stereocenters. The number of rotatable bonds is 5. The van der Waals surface area contributed by atoms with Gasteiger partial charge in [0.25, 0.3) is 0 Å². The van der Waals surface area contributed by atoms with E-state index >= 15 is 0 Å². The Bertz CT molecular complexity index is 610. The molecule has 0 amide bonds. The van der Waals surface area contributed by atoms with Crippen molar-refractivity contribution in [3.8, 4) is 11.5 Å². The summed E-state index contributed by atoms with van der Waals surface area (Å²) in [6.07, 6.45) is 0. The van der Waals surface area contributed by atoms with Crippen LogP contribution < -0.4 is 14.5 Å². The second kappa shape index (κ2) is 6.65. The quantitative estimate of drug-likeness (QED) is 0.789. The summed E-state index contributed by atoms with van der Waals surface area (Å²) in [5.41, 5.74) is 1.40. The number of benzene rings is 2. The fourth-order valence-electron chi connectivity index (χ4n) is 1.84. The molecule has 5 nitrogen and oxygen atoms in total. The Morgan fingerprint density at radius 3 is 2.14 bits per heavy atom. The molecule has 0 N–H and O–H groups in total. The van der Waals surface area contributed by atoms with Crippen LogP contribution in [0.15, 0.2) is 48.5 Å². The number of hydrogen-bond donors (Lipinski definition) is 0. The number of carbonyl (C=O) groups is 1. The van der Waals surface area contributed by atoms with Crippen LogP contribution in [0, 0.1) is 0 Å². The van der Waals surface area contributed by atoms with Crippen LogP contribution in [0.4, 0.5) is 11.4 Å². The molecule has 2 rings (SSSR count). The number of nitrogens with zero attached hydrogens (tertiary/aromatic N) is 1. The fraction of sp³-hybridized carbons (Fsp3) is 0.188. The van der Waals surface area contributed by atoms with Crippen LogP contribution in [0.1, 0.15) is 6.92 Å². The highest BCUT2D eigenvalue weighted by molar-refractivity contribution is 5.72. The number of ether oxygens (including phenoxy) is 2. The van der Waals surface area contributed by atoms with Crippen LogP contribution >= 0.6 is 0 Å². The molecule has 0 aromatic heterocycles. The van der Waals surface area contributed by atoms with E-state index in [0.29, 0.717) is 17.1 Å². The standard InChI is InChI=1S/C16H17NO4/c1-12(18)21-17(13-7-9-15(19-2)10-8-13)14-5-4-6-16(11-14)20-3/h4-11H,1-3H3. The molecule has 0 saturated carbocycles. The van der Waals surface area contributed by atoms with E-state index in [2.05, 4.69) is 0 Å². The number of hydrogen-bond acceptors (Lipinski definition) is 5. The minimum absolute atomic E-state index is 0.409. The summed E-state index contributed by atoms with van der Waals surface area (Å²) in [7, 11) is 3.18. The minimum Gasteiger partial charge on any atom is -0.497 e. The SMILES string of the molecule is COc1ccc(N(OC(C)=O)c2cccc(OC)c2)cc1. The van der Waals surface area contributed by atoms with E-state index in [0.717, 1.165) is 5.75 Å². The molecular weight excluding hydrogens is 270 g/mol. The number of methoxy groups -OCH3 is 2. The molecular formula is C16H17NO4. The molecule has 0 bridgehead atoms. The molecule has 0 saturated heterocycles. The summed E-state index contributed by atoms with van der Waals surface area (Å²) < 4.78 is 10.3. The van der Waals surface area contributed by atoms with Crippen molar-refractivity contribution in [1.82, 2.24) is 0 Å². The summed E-state index contributed by atoms with van der Waals surface area (Å²) >= 11 is 0. The van der Waals surface area contributed by atoms with Crippen molar-refractivity contribution >= 4 is 17.3 Å². The molecule has 110 valence electrons. The highest BCUT2D eigenvalue weighted by Crippen LogP contribution is 2.30. The zero-order valence-electron chi connectivity index (χ0n) is 12.2. The molecule has 0 heterocycles. The second-order valence-corrected chi connectivity index (χ2v) is 4.28. The van der Waals surface area contributed by atoms with Gasteiger partial charge < -0.3 is 14.3 Å². The topological polar surface area (TPSA) is 48.0 Å². The summed E-state index contributed by atoms with van der Waals surface area (Å²) in [5.74, 6) is 0.999. The van der Waals surface area contributed by atoms with Gasteiger partial charge in [0.15, 0.2) is 0 Å². The Morgan fingerprint density at radius 2 is 1.57 bits per heavy atom. The van der Waals surface area contributed by atoms with Crippen LogP contribution in [0.25, 0.3) is 0 Å². The van der Waals surface area contributed by atoms with E-state index in [1.165, 1.54) is 12.0 Å². The van der Waals surface area contributed by atoms with Crippen LogP contribution in [0.5, 0.6) is 11.5 Å². The average molecular weight is 287 g/mol. The van der Waals surface area contributed by atoms with E-state index in [1.807, 2.05) is 18.2 Å². The van der Waals surface area contributed by atoms with Gasteiger partial charge in [-0.3, -0.25) is 0 Å². The summed E-state index contributed by atoms with van der Waals surface area (Å²) in [4.78, 5) is 16.7. The summed E-state index contributed by atoms with van der Waals surface area (Å²) in [6.45, 7) is 1.36. The zero-order valence-corrected chi connectivity index (χ0v) is 12.2. The Kier molecular flexibility index (Phi) is 4.66. The molecule has 2 aromatic carbocycles. The van der Waals surface area contributed by atoms with Crippen molar-refractivity contribution in [2.75, 3.05) is 19.3 Å². The van der Waals surface area contributed by atoms with Crippen LogP contribution in [-0.4, -0.2) is 20.2 Å². The molecule has 0 aliphatic rings. The Balaban J connectivity index is 2.38. The number of anilines is 2. The minimum atomic E-state index is -0.409. The van der Waals surface area contributed by atoms with Gasteiger partial charge in [0.2, 0.25) is 0 Å². The normalized spacial score (nSPS) is 9.86. The molecule has 2 aromatic rings. The van der Waals surface area contributed by atoms with Crippen molar-refractivity contribution in [3.05, 3.63) is 48.5 Å². The van der Waals surface area contributed by atoms with Crippen LogP contribution in [-0.2, 0) is 9.63 Å². The third-order valence-electron chi connectivity index (χ3n) is 2.81. The van der Waals surface area contributed by atoms with Crippen molar-refractivity contribution in [3.63, 3.8) is 0 Å². The van der Waals surface area contributed by atoms with Crippen molar-refractivity contribution in [1.29, 1.82) is 0 Å². The summed E-state index contributed by atoms with van der Waals surface area (Å²) in [5, 5.41) is 1.45. The first kappa shape index (κ1) is 14.7. The van der Waals surface area contributed by atoms with E-state index < -0.39 is 5.97 Å². The third-order valence-corrected chi connectivity index (χ3v) is 2.81. The van der Waals surface area contributed by atoms with Gasteiger partial charge in [-0.15, -0.1) is 0 Å². The largest absolute Gasteiger partial charge is 0.497 e. The lowest BCUT2D eigenvalue weighted by Gasteiger charge is -2.23. The maximum Gasteiger partial charge on any atom is 0.329 e. The van der Waals surface area contributed by atoms with Crippen LogP contribution in [0.2, 0.25) is 0 Å². The highest BCUT2D eigenvalue weighted by atomic mass is 16.7. The van der Waals surface area contributed by atoms with Gasteiger partial charge in [-0.25, -0.2) is 4.79 Å². The van der Waals surface area contributed by atoms with Gasteiger partial charge in [0, 0.05) is 13.0 Å². The molecule has 0 aliphatic carbocycles. The van der Waals surface area contributed by atoms with Crippen LogP contribution in [0.3, 0.4) is 0 Å². The molecule has 5 heteroatoms. The first-order chi connectivity index (χ1) is 10.1. The lowest BCUT2D eigenvalue weighted by atomic mass is 10.2. The van der Waals surface area contributed by atoms with Crippen molar-refractivity contribution in [2.24, 2.45) is 0 Å². The molecule has 0 spiro atoms. The molecule has 0 atom stereocenters. The predicted molar refractivity (Wildman–Crippen MR) is 79.9 cm³/mol. The molecule has 21 heavy (non-hydrogen) atoms. The summed E-state index contributed by atoms with van der Waals surface area (Å²) in [6, 6.07) is 14.5. The maximum absolute atomic E-state index is 11.4. The van der Waals surface area contributed by atoms with Gasteiger partial charge in [0.05, 0.1) is 25.6 Å². The van der Waals surface area contributed by atoms with Gasteiger partial charge in [-0.1, -0.05) is 6.07 Å². The molecule has 0 radical (unpaired) electrons. The van der Waals surface area contributed by atoms with E-state index in [1.54, 1.807) is 44.6 Å². The van der Waals surface area contributed by atoms with E-state index in [4.69, 9.17) is 14.3 Å². The van der Waals surface area contributed by atoms with Gasteiger partial charge in [-0.2, -0.15) is 5.06 Å². The van der Waals surface area contributed by atoms with E-state index in [9.17, 15) is 4.79 Å². The smallest absolute Gasteiger partial charge is 0.329 e. The lowest BCUT2D eigenvalue weighted by Crippen LogP contribution is -2.20. The highest BCUT2D eigenvalue weighted by Gasteiger charge is 2.14. The molecule has 0 fully saturated rings. The van der Waals surface area contributed by atoms with Crippen molar-refractivity contribution in [2.45, 2.75) is 6.92 Å². The van der Waals surface area contributed by atoms with Gasteiger partial charge in [0.1, 0.15) is 11.5 Å². The number of carbonyl (C=O) groups excluding carboxylic acids is 1. The predicted octanol–water partition coefficient (Wildman–Crippen LogP) is 3.32. The third kappa shape index (κ3) is 3.66. The maximum atomic E-state index is 11.4. The van der Waals surface area contributed by atoms with Crippen molar-refractivity contribution < 1.29 is 19.1 Å². The van der Waals surface area contributed by atoms with Gasteiger partial charge >= 0.3 is 5.97 Å². The lowest BCUT2D eigenvalue weighted by molar-refractivity contribution is -0.141.